The van der Waals surface area contributed by atoms with Crippen LogP contribution in [0.4, 0.5) is 0 Å². The van der Waals surface area contributed by atoms with Crippen LogP contribution in [0.15, 0.2) is 48.7 Å². The highest BCUT2D eigenvalue weighted by Crippen LogP contribution is 2.25. The van der Waals surface area contributed by atoms with Crippen molar-refractivity contribution in [2.75, 3.05) is 13.7 Å². The average Bonchev–Trinajstić information content (AvgIpc) is 3.30. The predicted molar refractivity (Wildman–Crippen MR) is 145 cm³/mol. The molecule has 4 atom stereocenters. The standard InChI is InChI=1S/C27H35ClN4O6/c1-17(8-10-20-12-13-32(3)31-20)23(33)6-5-7-25(34)30-22(26(35)29-16-18(2)27(36)37)15-19-9-11-24(38-4)21(28)14-19/h5,7-14,17-18,22-23,33H,6,15-16H2,1-4H3,(H,29,35)(H,30,34)(H,36,37)/b7-5+,10-8+. The second-order valence-electron chi connectivity index (χ2n) is 9.06. The van der Waals surface area contributed by atoms with Crippen LogP contribution in [-0.4, -0.2) is 63.6 Å². The summed E-state index contributed by atoms with van der Waals surface area (Å²) in [7, 11) is 3.31. The molecule has 0 saturated carbocycles. The van der Waals surface area contributed by atoms with E-state index in [0.29, 0.717) is 16.3 Å². The van der Waals surface area contributed by atoms with Gasteiger partial charge in [-0.05, 0) is 42.3 Å². The Morgan fingerprint density at radius 1 is 1.24 bits per heavy atom. The molecule has 4 unspecified atom stereocenters. The normalized spacial score (nSPS) is 14.7. The molecule has 1 aromatic carbocycles. The smallest absolute Gasteiger partial charge is 0.308 e. The van der Waals surface area contributed by atoms with Crippen LogP contribution in [0.5, 0.6) is 5.75 Å². The zero-order valence-corrected chi connectivity index (χ0v) is 22.7. The molecule has 0 radical (unpaired) electrons. The van der Waals surface area contributed by atoms with E-state index in [1.165, 1.54) is 26.2 Å². The van der Waals surface area contributed by atoms with Gasteiger partial charge in [-0.1, -0.05) is 43.7 Å². The first kappa shape index (κ1) is 30.6. The fourth-order valence-electron chi connectivity index (χ4n) is 3.40. The number of aryl methyl sites for hydroxylation is 1. The van der Waals surface area contributed by atoms with Crippen molar-refractivity contribution >= 4 is 35.5 Å². The van der Waals surface area contributed by atoms with Crippen molar-refractivity contribution in [1.82, 2.24) is 20.4 Å². The molecule has 10 nitrogen and oxygen atoms in total. The van der Waals surface area contributed by atoms with Crippen LogP contribution in [0.2, 0.25) is 5.02 Å². The number of amides is 2. The number of carbonyl (C=O) groups is 3. The first-order valence-corrected chi connectivity index (χ1v) is 12.5. The number of aliphatic hydroxyl groups excluding tert-OH is 1. The number of rotatable bonds is 14. The number of aromatic nitrogens is 2. The molecule has 38 heavy (non-hydrogen) atoms. The molecular formula is C27H35ClN4O6. The topological polar surface area (TPSA) is 143 Å². The number of nitrogens with zero attached hydrogens (tertiary/aromatic N) is 2. The Morgan fingerprint density at radius 3 is 2.58 bits per heavy atom. The van der Waals surface area contributed by atoms with Gasteiger partial charge in [0.15, 0.2) is 0 Å². The van der Waals surface area contributed by atoms with Crippen LogP contribution in [0.25, 0.3) is 6.08 Å². The lowest BCUT2D eigenvalue weighted by molar-refractivity contribution is -0.141. The maximum absolute atomic E-state index is 12.8. The van der Waals surface area contributed by atoms with E-state index in [1.54, 1.807) is 22.9 Å². The van der Waals surface area contributed by atoms with Crippen LogP contribution < -0.4 is 15.4 Å². The van der Waals surface area contributed by atoms with E-state index in [1.807, 2.05) is 38.4 Å². The Hall–Kier alpha value is -3.63. The highest BCUT2D eigenvalue weighted by Gasteiger charge is 2.22. The second kappa shape index (κ2) is 14.9. The highest BCUT2D eigenvalue weighted by atomic mass is 35.5. The molecule has 0 aliphatic heterocycles. The number of carboxylic acids is 1. The molecule has 2 aromatic rings. The zero-order chi connectivity index (χ0) is 28.2. The largest absolute Gasteiger partial charge is 0.495 e. The molecule has 1 aromatic heterocycles. The quantitative estimate of drug-likeness (QED) is 0.267. The fourth-order valence-corrected chi connectivity index (χ4v) is 3.68. The van der Waals surface area contributed by atoms with Gasteiger partial charge < -0.3 is 25.6 Å². The second-order valence-corrected chi connectivity index (χ2v) is 9.46. The van der Waals surface area contributed by atoms with E-state index < -0.39 is 35.8 Å². The number of carboxylic acid groups (broad SMARTS) is 1. The Bertz CT molecular complexity index is 1160. The molecule has 0 saturated heterocycles. The number of ether oxygens (including phenoxy) is 1. The third-order valence-electron chi connectivity index (χ3n) is 5.85. The lowest BCUT2D eigenvalue weighted by Crippen LogP contribution is -2.48. The summed E-state index contributed by atoms with van der Waals surface area (Å²) in [6.45, 7) is 3.24. The van der Waals surface area contributed by atoms with Gasteiger partial charge in [0, 0.05) is 32.1 Å². The number of methoxy groups -OCH3 is 1. The molecule has 0 spiro atoms. The summed E-state index contributed by atoms with van der Waals surface area (Å²) in [6, 6.07) is 5.89. The van der Waals surface area contributed by atoms with E-state index in [2.05, 4.69) is 15.7 Å². The number of nitrogens with one attached hydrogen (secondary N) is 2. The van der Waals surface area contributed by atoms with Crippen LogP contribution in [0, 0.1) is 11.8 Å². The number of aliphatic carboxylic acids is 1. The Kier molecular flexibility index (Phi) is 12.0. The lowest BCUT2D eigenvalue weighted by Gasteiger charge is -2.19. The zero-order valence-electron chi connectivity index (χ0n) is 21.9. The first-order valence-electron chi connectivity index (χ1n) is 12.2. The van der Waals surface area contributed by atoms with Crippen LogP contribution in [0.3, 0.4) is 0 Å². The van der Waals surface area contributed by atoms with E-state index in [9.17, 15) is 19.5 Å². The number of halogens is 1. The third-order valence-corrected chi connectivity index (χ3v) is 6.15. The molecule has 11 heteroatoms. The predicted octanol–water partition coefficient (Wildman–Crippen LogP) is 2.60. The van der Waals surface area contributed by atoms with Crippen molar-refractivity contribution in [1.29, 1.82) is 0 Å². The number of hydrogen-bond acceptors (Lipinski definition) is 6. The van der Waals surface area contributed by atoms with Crippen molar-refractivity contribution in [3.8, 4) is 5.75 Å². The lowest BCUT2D eigenvalue weighted by atomic mass is 10.0. The maximum atomic E-state index is 12.8. The molecule has 0 aliphatic carbocycles. The Morgan fingerprint density at radius 2 is 1.97 bits per heavy atom. The molecule has 1 heterocycles. The first-order chi connectivity index (χ1) is 18.0. The average molecular weight is 547 g/mol. The highest BCUT2D eigenvalue weighted by molar-refractivity contribution is 6.32. The van der Waals surface area contributed by atoms with Crippen LogP contribution in [-0.2, 0) is 27.9 Å². The van der Waals surface area contributed by atoms with Crippen molar-refractivity contribution < 1.29 is 29.3 Å². The van der Waals surface area contributed by atoms with Crippen LogP contribution >= 0.6 is 11.6 Å². The summed E-state index contributed by atoms with van der Waals surface area (Å²) in [6.07, 6.45) is 7.92. The molecular weight excluding hydrogens is 512 g/mol. The monoisotopic (exact) mass is 546 g/mol. The molecule has 2 rings (SSSR count). The summed E-state index contributed by atoms with van der Waals surface area (Å²) >= 11 is 6.20. The molecule has 2 amide bonds. The minimum absolute atomic E-state index is 0.0875. The van der Waals surface area contributed by atoms with E-state index in [-0.39, 0.29) is 25.3 Å². The van der Waals surface area contributed by atoms with E-state index in [4.69, 9.17) is 21.4 Å². The summed E-state index contributed by atoms with van der Waals surface area (Å²) in [4.78, 5) is 36.5. The van der Waals surface area contributed by atoms with Gasteiger partial charge in [-0.25, -0.2) is 0 Å². The molecule has 0 bridgehead atoms. The van der Waals surface area contributed by atoms with Gasteiger partial charge in [-0.15, -0.1) is 0 Å². The summed E-state index contributed by atoms with van der Waals surface area (Å²) in [5.41, 5.74) is 1.46. The van der Waals surface area contributed by atoms with Gasteiger partial charge in [0.1, 0.15) is 11.8 Å². The van der Waals surface area contributed by atoms with Crippen molar-refractivity contribution in [3.05, 3.63) is 65.0 Å². The third kappa shape index (κ3) is 10.0. The summed E-state index contributed by atoms with van der Waals surface area (Å²) in [5, 5.41) is 29.3. The fraction of sp³-hybridized carbons (Fsp3) is 0.407. The number of hydrogen-bond donors (Lipinski definition) is 4. The summed E-state index contributed by atoms with van der Waals surface area (Å²) < 4.78 is 6.84. The Balaban J connectivity index is 2.01. The van der Waals surface area contributed by atoms with Gasteiger partial charge in [0.05, 0.1) is 29.8 Å². The maximum Gasteiger partial charge on any atom is 0.308 e. The number of benzene rings is 1. The molecule has 0 fully saturated rings. The van der Waals surface area contributed by atoms with Crippen LogP contribution in [0.1, 0.15) is 31.5 Å². The van der Waals surface area contributed by atoms with Gasteiger partial charge >= 0.3 is 5.97 Å². The molecule has 0 aliphatic rings. The SMILES string of the molecule is COc1ccc(CC(NC(=O)/C=C/CC(O)C(C)/C=C/c2ccn(C)n2)C(=O)NCC(C)C(=O)O)cc1Cl. The van der Waals surface area contributed by atoms with Crippen molar-refractivity contribution in [3.63, 3.8) is 0 Å². The minimum Gasteiger partial charge on any atom is -0.495 e. The van der Waals surface area contributed by atoms with Crippen molar-refractivity contribution in [2.45, 2.75) is 38.8 Å². The number of aliphatic hydroxyl groups is 1. The van der Waals surface area contributed by atoms with Gasteiger partial charge in [-0.2, -0.15) is 5.10 Å². The summed E-state index contributed by atoms with van der Waals surface area (Å²) in [5.74, 6) is -2.60. The van der Waals surface area contributed by atoms with Gasteiger partial charge in [0.25, 0.3) is 0 Å². The van der Waals surface area contributed by atoms with E-state index >= 15 is 0 Å². The van der Waals surface area contributed by atoms with Gasteiger partial charge in [0.2, 0.25) is 11.8 Å². The van der Waals surface area contributed by atoms with E-state index in [0.717, 1.165) is 5.69 Å². The Labute approximate surface area is 227 Å². The minimum atomic E-state index is -1.04. The van der Waals surface area contributed by atoms with Gasteiger partial charge in [-0.3, -0.25) is 19.1 Å². The molecule has 206 valence electrons. The van der Waals surface area contributed by atoms with Crippen molar-refractivity contribution in [2.24, 2.45) is 18.9 Å². The number of carbonyl (C=O) groups excluding carboxylic acids is 2. The molecule has 4 N–H and O–H groups in total.